The van der Waals surface area contributed by atoms with Crippen molar-refractivity contribution in [3.63, 3.8) is 0 Å². The molecule has 0 aliphatic carbocycles. The quantitative estimate of drug-likeness (QED) is 0.886. The summed E-state index contributed by atoms with van der Waals surface area (Å²) in [4.78, 5) is 23.6. The minimum atomic E-state index is -0.819. The number of carbonyl (C=O) groups excluding carboxylic acids is 2. The maximum absolute atomic E-state index is 12.9. The van der Waals surface area contributed by atoms with Crippen molar-refractivity contribution in [1.82, 2.24) is 5.32 Å². The van der Waals surface area contributed by atoms with Crippen LogP contribution in [0, 0.1) is 12.7 Å². The van der Waals surface area contributed by atoms with Crippen LogP contribution in [0.4, 0.5) is 4.39 Å². The third kappa shape index (κ3) is 4.15. The standard InChI is InChI=1S/C17H17FN2O2/c1-11-2-4-12(5-3-11)10-15(16(19)21)20-17(22)13-6-8-14(18)9-7-13/h2-9,15H,10H2,1H3,(H2,19,21)(H,20,22)/t15-/m1/s1. The molecule has 22 heavy (non-hydrogen) atoms. The van der Waals surface area contributed by atoms with E-state index >= 15 is 0 Å². The van der Waals surface area contributed by atoms with E-state index in [4.69, 9.17) is 5.73 Å². The van der Waals surface area contributed by atoms with Gasteiger partial charge in [0, 0.05) is 12.0 Å². The lowest BCUT2D eigenvalue weighted by Gasteiger charge is -2.16. The monoisotopic (exact) mass is 300 g/mol. The predicted molar refractivity (Wildman–Crippen MR) is 81.7 cm³/mol. The molecule has 2 rings (SSSR count). The molecule has 0 aromatic heterocycles. The Morgan fingerprint density at radius 1 is 1.09 bits per heavy atom. The Balaban J connectivity index is 2.08. The number of benzene rings is 2. The number of aryl methyl sites for hydroxylation is 1. The minimum absolute atomic E-state index is 0.275. The summed E-state index contributed by atoms with van der Waals surface area (Å²) in [5, 5.41) is 2.58. The van der Waals surface area contributed by atoms with Gasteiger partial charge < -0.3 is 11.1 Å². The zero-order valence-electron chi connectivity index (χ0n) is 12.2. The van der Waals surface area contributed by atoms with Crippen LogP contribution in [-0.4, -0.2) is 17.9 Å². The van der Waals surface area contributed by atoms with Gasteiger partial charge in [0.15, 0.2) is 0 Å². The number of primary amides is 1. The maximum Gasteiger partial charge on any atom is 0.251 e. The molecule has 1 atom stereocenters. The molecule has 0 aliphatic heterocycles. The number of carbonyl (C=O) groups is 2. The van der Waals surface area contributed by atoms with Crippen LogP contribution in [0.3, 0.4) is 0 Å². The van der Waals surface area contributed by atoms with E-state index < -0.39 is 23.7 Å². The molecular formula is C17H17FN2O2. The van der Waals surface area contributed by atoms with E-state index in [9.17, 15) is 14.0 Å². The van der Waals surface area contributed by atoms with Crippen LogP contribution in [0.1, 0.15) is 21.5 Å². The molecule has 0 spiro atoms. The van der Waals surface area contributed by atoms with Crippen LogP contribution in [0.2, 0.25) is 0 Å². The molecule has 0 fully saturated rings. The second kappa shape index (κ2) is 6.85. The van der Waals surface area contributed by atoms with Gasteiger partial charge in [0.1, 0.15) is 11.9 Å². The first-order valence-electron chi connectivity index (χ1n) is 6.87. The highest BCUT2D eigenvalue weighted by Crippen LogP contribution is 2.08. The number of nitrogens with one attached hydrogen (secondary N) is 1. The minimum Gasteiger partial charge on any atom is -0.368 e. The number of hydrogen-bond donors (Lipinski definition) is 2. The molecular weight excluding hydrogens is 283 g/mol. The van der Waals surface area contributed by atoms with E-state index in [1.807, 2.05) is 31.2 Å². The first kappa shape index (κ1) is 15.7. The van der Waals surface area contributed by atoms with E-state index in [1.54, 1.807) is 0 Å². The van der Waals surface area contributed by atoms with Crippen LogP contribution in [0.15, 0.2) is 48.5 Å². The van der Waals surface area contributed by atoms with E-state index in [-0.39, 0.29) is 5.56 Å². The third-order valence-corrected chi connectivity index (χ3v) is 3.32. The largest absolute Gasteiger partial charge is 0.368 e. The molecule has 0 radical (unpaired) electrons. The maximum atomic E-state index is 12.9. The molecule has 2 aromatic carbocycles. The van der Waals surface area contributed by atoms with Crippen LogP contribution >= 0.6 is 0 Å². The Kier molecular flexibility index (Phi) is 4.88. The van der Waals surface area contributed by atoms with Crippen LogP contribution in [0.5, 0.6) is 0 Å². The normalized spacial score (nSPS) is 11.7. The van der Waals surface area contributed by atoms with E-state index in [1.165, 1.54) is 24.3 Å². The van der Waals surface area contributed by atoms with Gasteiger partial charge in [-0.15, -0.1) is 0 Å². The molecule has 0 unspecified atom stereocenters. The highest BCUT2D eigenvalue weighted by Gasteiger charge is 2.19. The summed E-state index contributed by atoms with van der Waals surface area (Å²) in [7, 11) is 0. The molecule has 0 bridgehead atoms. The Morgan fingerprint density at radius 3 is 2.23 bits per heavy atom. The number of halogens is 1. The van der Waals surface area contributed by atoms with Gasteiger partial charge in [0.2, 0.25) is 5.91 Å². The van der Waals surface area contributed by atoms with Crippen LogP contribution in [0.25, 0.3) is 0 Å². The van der Waals surface area contributed by atoms with Crippen molar-refractivity contribution in [1.29, 1.82) is 0 Å². The molecule has 4 nitrogen and oxygen atoms in total. The third-order valence-electron chi connectivity index (χ3n) is 3.32. The van der Waals surface area contributed by atoms with E-state index in [0.29, 0.717) is 6.42 Å². The van der Waals surface area contributed by atoms with Crippen molar-refractivity contribution in [2.75, 3.05) is 0 Å². The Labute approximate surface area is 128 Å². The fourth-order valence-corrected chi connectivity index (χ4v) is 2.03. The second-order valence-corrected chi connectivity index (χ2v) is 5.13. The lowest BCUT2D eigenvalue weighted by atomic mass is 10.0. The molecule has 0 saturated heterocycles. The molecule has 0 saturated carbocycles. The van der Waals surface area contributed by atoms with Gasteiger partial charge in [-0.3, -0.25) is 9.59 Å². The summed E-state index contributed by atoms with van der Waals surface area (Å²) in [6.07, 6.45) is 0.308. The van der Waals surface area contributed by atoms with Gasteiger partial charge in [-0.2, -0.15) is 0 Å². The van der Waals surface area contributed by atoms with Crippen molar-refractivity contribution in [3.05, 3.63) is 71.0 Å². The summed E-state index contributed by atoms with van der Waals surface area (Å²) in [5.74, 6) is -1.50. The average Bonchev–Trinajstić information content (AvgIpc) is 2.49. The van der Waals surface area contributed by atoms with Crippen molar-refractivity contribution in [2.45, 2.75) is 19.4 Å². The summed E-state index contributed by atoms with van der Waals surface area (Å²) in [5.41, 5.74) is 7.63. The molecule has 0 heterocycles. The zero-order chi connectivity index (χ0) is 16.1. The van der Waals surface area contributed by atoms with Crippen molar-refractivity contribution in [3.8, 4) is 0 Å². The summed E-state index contributed by atoms with van der Waals surface area (Å²) in [6, 6.07) is 11.9. The van der Waals surface area contributed by atoms with Crippen molar-refractivity contribution < 1.29 is 14.0 Å². The Hall–Kier alpha value is -2.69. The Bertz CT molecular complexity index is 666. The Morgan fingerprint density at radius 2 is 1.68 bits per heavy atom. The van der Waals surface area contributed by atoms with Gasteiger partial charge in [0.25, 0.3) is 5.91 Å². The van der Waals surface area contributed by atoms with Crippen molar-refractivity contribution >= 4 is 11.8 Å². The zero-order valence-corrected chi connectivity index (χ0v) is 12.2. The fourth-order valence-electron chi connectivity index (χ4n) is 2.03. The summed E-state index contributed by atoms with van der Waals surface area (Å²) in [6.45, 7) is 1.96. The number of hydrogen-bond acceptors (Lipinski definition) is 2. The summed E-state index contributed by atoms with van der Waals surface area (Å²) < 4.78 is 12.9. The number of rotatable bonds is 5. The fraction of sp³-hybridized carbons (Fsp3) is 0.176. The first-order valence-corrected chi connectivity index (χ1v) is 6.87. The van der Waals surface area contributed by atoms with Gasteiger partial charge in [-0.25, -0.2) is 4.39 Å². The summed E-state index contributed by atoms with van der Waals surface area (Å²) >= 11 is 0. The smallest absolute Gasteiger partial charge is 0.251 e. The molecule has 2 amide bonds. The number of amides is 2. The lowest BCUT2D eigenvalue weighted by molar-refractivity contribution is -0.119. The van der Waals surface area contributed by atoms with Crippen molar-refractivity contribution in [2.24, 2.45) is 5.73 Å². The lowest BCUT2D eigenvalue weighted by Crippen LogP contribution is -2.45. The molecule has 0 aliphatic rings. The molecule has 114 valence electrons. The molecule has 3 N–H and O–H groups in total. The van der Waals surface area contributed by atoms with Crippen LogP contribution in [-0.2, 0) is 11.2 Å². The SMILES string of the molecule is Cc1ccc(C[C@@H](NC(=O)c2ccc(F)cc2)C(N)=O)cc1. The van der Waals surface area contributed by atoms with Gasteiger partial charge in [0.05, 0.1) is 0 Å². The molecule has 2 aromatic rings. The van der Waals surface area contributed by atoms with Gasteiger partial charge >= 0.3 is 0 Å². The van der Waals surface area contributed by atoms with Gasteiger partial charge in [-0.05, 0) is 36.8 Å². The predicted octanol–water partition coefficient (Wildman–Crippen LogP) is 1.96. The van der Waals surface area contributed by atoms with E-state index in [0.717, 1.165) is 11.1 Å². The van der Waals surface area contributed by atoms with Gasteiger partial charge in [-0.1, -0.05) is 29.8 Å². The topological polar surface area (TPSA) is 72.2 Å². The second-order valence-electron chi connectivity index (χ2n) is 5.13. The molecule has 5 heteroatoms. The van der Waals surface area contributed by atoms with Crippen LogP contribution < -0.4 is 11.1 Å². The first-order chi connectivity index (χ1) is 10.5. The highest BCUT2D eigenvalue weighted by atomic mass is 19.1. The highest BCUT2D eigenvalue weighted by molar-refractivity contribution is 5.97. The average molecular weight is 300 g/mol. The van der Waals surface area contributed by atoms with E-state index in [2.05, 4.69) is 5.32 Å². The number of nitrogens with two attached hydrogens (primary N) is 1.